The molecule has 1 atom stereocenters. The number of urea groups is 1. The summed E-state index contributed by atoms with van der Waals surface area (Å²) in [7, 11) is 0. The van der Waals surface area contributed by atoms with Gasteiger partial charge in [-0.05, 0) is 24.6 Å². The molecule has 0 aromatic heterocycles. The highest BCUT2D eigenvalue weighted by molar-refractivity contribution is 6.34. The van der Waals surface area contributed by atoms with Gasteiger partial charge in [0.1, 0.15) is 6.04 Å². The molecular weight excluding hydrogens is 334 g/mol. The third-order valence-electron chi connectivity index (χ3n) is 3.81. The van der Waals surface area contributed by atoms with Crippen LogP contribution in [-0.2, 0) is 4.79 Å². The molecule has 0 radical (unpaired) electrons. The van der Waals surface area contributed by atoms with E-state index >= 15 is 0 Å². The highest BCUT2D eigenvalue weighted by atomic mass is 35.5. The highest BCUT2D eigenvalue weighted by Crippen LogP contribution is 2.24. The number of carboxylic acid groups (broad SMARTS) is 1. The van der Waals surface area contributed by atoms with Gasteiger partial charge in [0.15, 0.2) is 0 Å². The number of hydrogen-bond acceptors (Lipinski definition) is 3. The number of hydrogen-bond donors (Lipinski definition) is 3. The lowest BCUT2D eigenvalue weighted by atomic mass is 10.1. The van der Waals surface area contributed by atoms with Gasteiger partial charge in [0.2, 0.25) is 0 Å². The normalized spacial score (nSPS) is 15.1. The van der Waals surface area contributed by atoms with Crippen LogP contribution in [0.3, 0.4) is 0 Å². The Labute approximate surface area is 145 Å². The van der Waals surface area contributed by atoms with Crippen molar-refractivity contribution in [2.45, 2.75) is 32.2 Å². The number of nitrogens with zero attached hydrogens (tertiary/aromatic N) is 1. The van der Waals surface area contributed by atoms with Crippen molar-refractivity contribution in [1.29, 1.82) is 0 Å². The molecule has 0 aliphatic carbocycles. The van der Waals surface area contributed by atoms with E-state index in [0.717, 1.165) is 6.42 Å². The molecule has 1 aliphatic rings. The van der Waals surface area contributed by atoms with Gasteiger partial charge < -0.3 is 15.7 Å². The third-order valence-corrected chi connectivity index (χ3v) is 4.14. The fourth-order valence-corrected chi connectivity index (χ4v) is 2.68. The van der Waals surface area contributed by atoms with E-state index in [1.54, 1.807) is 6.07 Å². The molecule has 1 aromatic carbocycles. The number of carbonyl (C=O) groups is 3. The lowest BCUT2D eigenvalue weighted by molar-refractivity contribution is -0.139. The summed E-state index contributed by atoms with van der Waals surface area (Å²) in [5.74, 6) is -1.65. The Morgan fingerprint density at radius 3 is 2.79 bits per heavy atom. The van der Waals surface area contributed by atoms with Gasteiger partial charge in [0.25, 0.3) is 5.91 Å². The predicted molar refractivity (Wildman–Crippen MR) is 90.6 cm³/mol. The Kier molecular flexibility index (Phi) is 6.03. The van der Waals surface area contributed by atoms with Gasteiger partial charge >= 0.3 is 12.0 Å². The molecule has 130 valence electrons. The minimum atomic E-state index is -1.08. The maximum Gasteiger partial charge on any atom is 0.326 e. The molecule has 3 amide bonds. The third kappa shape index (κ3) is 4.17. The molecule has 1 heterocycles. The number of rotatable bonds is 7. The zero-order valence-corrected chi connectivity index (χ0v) is 14.1. The molecule has 8 heteroatoms. The van der Waals surface area contributed by atoms with Gasteiger partial charge in [0.05, 0.1) is 10.6 Å². The summed E-state index contributed by atoms with van der Waals surface area (Å²) in [6, 6.07) is 3.47. The largest absolute Gasteiger partial charge is 0.480 e. The van der Waals surface area contributed by atoms with E-state index in [1.807, 2.05) is 6.92 Å². The van der Waals surface area contributed by atoms with Crippen molar-refractivity contribution in [2.75, 3.05) is 18.0 Å². The fraction of sp³-hybridized carbons (Fsp3) is 0.438. The number of carboxylic acids is 1. The van der Waals surface area contributed by atoms with Crippen LogP contribution in [0.4, 0.5) is 10.5 Å². The molecule has 0 bridgehead atoms. The number of carbonyl (C=O) groups excluding carboxylic acids is 2. The molecule has 1 saturated heterocycles. The van der Waals surface area contributed by atoms with Gasteiger partial charge in [-0.1, -0.05) is 31.4 Å². The van der Waals surface area contributed by atoms with E-state index in [-0.39, 0.29) is 16.6 Å². The Balaban J connectivity index is 2.18. The van der Waals surface area contributed by atoms with Crippen molar-refractivity contribution in [3.05, 3.63) is 28.8 Å². The smallest absolute Gasteiger partial charge is 0.326 e. The average Bonchev–Trinajstić information content (AvgIpc) is 2.97. The fourth-order valence-electron chi connectivity index (χ4n) is 2.47. The van der Waals surface area contributed by atoms with E-state index in [0.29, 0.717) is 31.6 Å². The van der Waals surface area contributed by atoms with Crippen LogP contribution in [0.5, 0.6) is 0 Å². The van der Waals surface area contributed by atoms with E-state index in [4.69, 9.17) is 11.6 Å². The molecular formula is C16H20ClN3O4. The number of amides is 3. The molecule has 0 spiro atoms. The molecule has 3 N–H and O–H groups in total. The van der Waals surface area contributed by atoms with E-state index in [2.05, 4.69) is 10.6 Å². The van der Waals surface area contributed by atoms with Crippen molar-refractivity contribution in [2.24, 2.45) is 0 Å². The number of anilines is 1. The monoisotopic (exact) mass is 353 g/mol. The minimum Gasteiger partial charge on any atom is -0.480 e. The number of benzene rings is 1. The molecule has 7 nitrogen and oxygen atoms in total. The van der Waals surface area contributed by atoms with E-state index < -0.39 is 17.9 Å². The van der Waals surface area contributed by atoms with Gasteiger partial charge in [-0.25, -0.2) is 9.59 Å². The average molecular weight is 354 g/mol. The van der Waals surface area contributed by atoms with E-state index in [1.165, 1.54) is 17.0 Å². The summed E-state index contributed by atoms with van der Waals surface area (Å²) >= 11 is 6.07. The van der Waals surface area contributed by atoms with Crippen LogP contribution >= 0.6 is 11.6 Å². The van der Waals surface area contributed by atoms with Crippen LogP contribution in [0.25, 0.3) is 0 Å². The summed E-state index contributed by atoms with van der Waals surface area (Å²) in [5, 5.41) is 14.6. The van der Waals surface area contributed by atoms with Crippen molar-refractivity contribution < 1.29 is 19.5 Å². The topological polar surface area (TPSA) is 98.7 Å². The van der Waals surface area contributed by atoms with Crippen molar-refractivity contribution in [3.8, 4) is 0 Å². The molecule has 1 aromatic rings. The van der Waals surface area contributed by atoms with Gasteiger partial charge in [-0.15, -0.1) is 0 Å². The van der Waals surface area contributed by atoms with Crippen molar-refractivity contribution in [3.63, 3.8) is 0 Å². The molecule has 1 aliphatic heterocycles. The lowest BCUT2D eigenvalue weighted by Gasteiger charge is -2.18. The molecule has 0 unspecified atom stereocenters. The standard InChI is InChI=1S/C16H20ClN3O4/c1-2-3-4-13(15(22)23)19-14(21)11-9-10(5-6-12(11)17)20-8-7-18-16(20)24/h5-6,9,13H,2-4,7-8H2,1H3,(H,18,24)(H,19,21)(H,22,23)/t13-/m0/s1. The molecule has 0 saturated carbocycles. The van der Waals surface area contributed by atoms with Crippen LogP contribution in [0, 0.1) is 0 Å². The Hall–Kier alpha value is -2.28. The first-order valence-electron chi connectivity index (χ1n) is 7.82. The highest BCUT2D eigenvalue weighted by Gasteiger charge is 2.25. The summed E-state index contributed by atoms with van der Waals surface area (Å²) in [5.41, 5.74) is 0.691. The van der Waals surface area contributed by atoms with Crippen LogP contribution in [0.1, 0.15) is 36.5 Å². The lowest BCUT2D eigenvalue weighted by Crippen LogP contribution is -2.41. The minimum absolute atomic E-state index is 0.150. The van der Waals surface area contributed by atoms with E-state index in [9.17, 15) is 19.5 Å². The predicted octanol–water partition coefficient (Wildman–Crippen LogP) is 2.24. The Morgan fingerprint density at radius 1 is 1.46 bits per heavy atom. The molecule has 24 heavy (non-hydrogen) atoms. The number of unbranched alkanes of at least 4 members (excludes halogenated alkanes) is 1. The van der Waals surface area contributed by atoms with Crippen LogP contribution in [-0.4, -0.2) is 42.1 Å². The first-order valence-corrected chi connectivity index (χ1v) is 8.20. The maximum absolute atomic E-state index is 12.4. The summed E-state index contributed by atoms with van der Waals surface area (Å²) in [6.07, 6.45) is 1.88. The van der Waals surface area contributed by atoms with Gasteiger partial charge in [-0.3, -0.25) is 9.69 Å². The summed E-state index contributed by atoms with van der Waals surface area (Å²) < 4.78 is 0. The van der Waals surface area contributed by atoms with Crippen molar-refractivity contribution >= 4 is 35.2 Å². The molecule has 2 rings (SSSR count). The molecule has 1 fully saturated rings. The zero-order valence-electron chi connectivity index (χ0n) is 13.3. The van der Waals surface area contributed by atoms with Gasteiger partial charge in [-0.2, -0.15) is 0 Å². The van der Waals surface area contributed by atoms with Crippen LogP contribution < -0.4 is 15.5 Å². The van der Waals surface area contributed by atoms with Crippen LogP contribution in [0.15, 0.2) is 18.2 Å². The van der Waals surface area contributed by atoms with Crippen molar-refractivity contribution in [1.82, 2.24) is 10.6 Å². The number of nitrogens with one attached hydrogen (secondary N) is 2. The number of aliphatic carboxylic acids is 1. The second-order valence-corrected chi connectivity index (χ2v) is 5.96. The van der Waals surface area contributed by atoms with Crippen LogP contribution in [0.2, 0.25) is 5.02 Å². The second-order valence-electron chi connectivity index (χ2n) is 5.55. The summed E-state index contributed by atoms with van der Waals surface area (Å²) in [4.78, 5) is 36.9. The summed E-state index contributed by atoms with van der Waals surface area (Å²) in [6.45, 7) is 2.97. The first kappa shape index (κ1) is 18.1. The quantitative estimate of drug-likeness (QED) is 0.700. The SMILES string of the molecule is CCCC[C@H](NC(=O)c1cc(N2CCNC2=O)ccc1Cl)C(=O)O. The Bertz CT molecular complexity index is 650. The van der Waals surface area contributed by atoms with Gasteiger partial charge in [0, 0.05) is 18.8 Å². The zero-order chi connectivity index (χ0) is 17.7. The number of halogens is 1. The Morgan fingerprint density at radius 2 is 2.21 bits per heavy atom. The second kappa shape index (κ2) is 8.01. The first-order chi connectivity index (χ1) is 11.4. The maximum atomic E-state index is 12.4.